The number of hydrogen-bond donors (Lipinski definition) is 1. The second-order valence-electron chi connectivity index (χ2n) is 5.25. The highest BCUT2D eigenvalue weighted by Gasteiger charge is 2.23. The monoisotopic (exact) mass is 302 g/mol. The molecule has 21 heavy (non-hydrogen) atoms. The van der Waals surface area contributed by atoms with Crippen LogP contribution in [0.1, 0.15) is 27.2 Å². The van der Waals surface area contributed by atoms with Gasteiger partial charge in [-0.3, -0.25) is 14.5 Å². The Bertz CT molecular complexity index is 357. The number of nitrogens with one attached hydrogen (secondary N) is 1. The molecule has 0 spiro atoms. The van der Waals surface area contributed by atoms with Crippen LogP contribution in [0.15, 0.2) is 0 Å². The van der Waals surface area contributed by atoms with Crippen LogP contribution < -0.4 is 5.32 Å². The Kier molecular flexibility index (Phi) is 9.36. The minimum Gasteiger partial charge on any atom is -0.467 e. The van der Waals surface area contributed by atoms with Crippen molar-refractivity contribution in [1.82, 2.24) is 10.2 Å². The standard InChI is InChI=1S/C14H26N2O5/c1-6-21-13(18)9-16(4)8-12(17)15-11(7-10(2)3)14(19)20-5/h10-11H,6-9H2,1-5H3,(H,15,17). The normalized spacial score (nSPS) is 12.1. The summed E-state index contributed by atoms with van der Waals surface area (Å²) in [7, 11) is 2.92. The summed E-state index contributed by atoms with van der Waals surface area (Å²) in [6, 6.07) is -0.668. The largest absolute Gasteiger partial charge is 0.467 e. The SMILES string of the molecule is CCOC(=O)CN(C)CC(=O)NC(CC(C)C)C(=O)OC. The van der Waals surface area contributed by atoms with E-state index in [9.17, 15) is 14.4 Å². The maximum Gasteiger partial charge on any atom is 0.328 e. The molecule has 0 radical (unpaired) electrons. The van der Waals surface area contributed by atoms with Crippen molar-refractivity contribution in [3.8, 4) is 0 Å². The lowest BCUT2D eigenvalue weighted by Crippen LogP contribution is -2.46. The molecule has 7 heteroatoms. The van der Waals surface area contributed by atoms with Crippen LogP contribution in [0.4, 0.5) is 0 Å². The molecule has 0 aliphatic rings. The van der Waals surface area contributed by atoms with Gasteiger partial charge < -0.3 is 14.8 Å². The summed E-state index contributed by atoms with van der Waals surface area (Å²) in [4.78, 5) is 36.3. The fraction of sp³-hybridized carbons (Fsp3) is 0.786. The fourth-order valence-corrected chi connectivity index (χ4v) is 1.80. The quantitative estimate of drug-likeness (QED) is 0.612. The molecule has 0 saturated carbocycles. The van der Waals surface area contributed by atoms with Crippen LogP contribution in [-0.4, -0.2) is 62.6 Å². The first-order chi connectivity index (χ1) is 9.79. The van der Waals surface area contributed by atoms with Crippen LogP contribution in [0.5, 0.6) is 0 Å². The molecule has 0 aromatic rings. The second kappa shape index (κ2) is 10.1. The van der Waals surface area contributed by atoms with Crippen molar-refractivity contribution in [3.63, 3.8) is 0 Å². The van der Waals surface area contributed by atoms with Gasteiger partial charge in [-0.1, -0.05) is 13.8 Å². The van der Waals surface area contributed by atoms with Crippen LogP contribution in [0, 0.1) is 5.92 Å². The molecule has 1 atom stereocenters. The Hall–Kier alpha value is -1.63. The second-order valence-corrected chi connectivity index (χ2v) is 5.25. The lowest BCUT2D eigenvalue weighted by atomic mass is 10.0. The van der Waals surface area contributed by atoms with E-state index in [-0.39, 0.29) is 30.9 Å². The van der Waals surface area contributed by atoms with Crippen LogP contribution in [0.25, 0.3) is 0 Å². The van der Waals surface area contributed by atoms with Crippen molar-refractivity contribution in [2.45, 2.75) is 33.2 Å². The van der Waals surface area contributed by atoms with Crippen molar-refractivity contribution in [2.75, 3.05) is 33.9 Å². The smallest absolute Gasteiger partial charge is 0.328 e. The van der Waals surface area contributed by atoms with Gasteiger partial charge in [0.2, 0.25) is 5.91 Å². The molecule has 1 amide bonds. The third-order valence-electron chi connectivity index (χ3n) is 2.65. The molecule has 1 N–H and O–H groups in total. The molecule has 7 nitrogen and oxygen atoms in total. The average Bonchev–Trinajstić information content (AvgIpc) is 2.36. The lowest BCUT2D eigenvalue weighted by Gasteiger charge is -2.20. The van der Waals surface area contributed by atoms with E-state index in [1.165, 1.54) is 12.0 Å². The molecule has 0 bridgehead atoms. The highest BCUT2D eigenvalue weighted by atomic mass is 16.5. The summed E-state index contributed by atoms with van der Waals surface area (Å²) in [5, 5.41) is 2.63. The number of carbonyl (C=O) groups is 3. The van der Waals surface area contributed by atoms with E-state index in [2.05, 4.69) is 10.1 Å². The van der Waals surface area contributed by atoms with Crippen LogP contribution in [0.2, 0.25) is 0 Å². The van der Waals surface area contributed by atoms with E-state index < -0.39 is 12.0 Å². The predicted octanol–water partition coefficient (Wildman–Crippen LogP) is 0.185. The Morgan fingerprint density at radius 3 is 2.29 bits per heavy atom. The molecule has 0 aliphatic carbocycles. The highest BCUT2D eigenvalue weighted by Crippen LogP contribution is 2.06. The lowest BCUT2D eigenvalue weighted by molar-refractivity contribution is -0.147. The van der Waals surface area contributed by atoms with E-state index in [1.807, 2.05) is 13.8 Å². The first kappa shape index (κ1) is 19.4. The van der Waals surface area contributed by atoms with Gasteiger partial charge in [-0.2, -0.15) is 0 Å². The van der Waals surface area contributed by atoms with Crippen molar-refractivity contribution in [2.24, 2.45) is 5.92 Å². The first-order valence-electron chi connectivity index (χ1n) is 7.01. The fourth-order valence-electron chi connectivity index (χ4n) is 1.80. The zero-order valence-corrected chi connectivity index (χ0v) is 13.5. The molecule has 0 heterocycles. The van der Waals surface area contributed by atoms with Gasteiger partial charge in [0.25, 0.3) is 0 Å². The predicted molar refractivity (Wildman–Crippen MR) is 77.5 cm³/mol. The number of hydrogen-bond acceptors (Lipinski definition) is 6. The third-order valence-corrected chi connectivity index (χ3v) is 2.65. The van der Waals surface area contributed by atoms with Gasteiger partial charge in [0.1, 0.15) is 6.04 Å². The Morgan fingerprint density at radius 2 is 1.81 bits per heavy atom. The van der Waals surface area contributed by atoms with Crippen molar-refractivity contribution < 1.29 is 23.9 Å². The molecule has 0 aromatic heterocycles. The molecule has 0 aromatic carbocycles. The Balaban J connectivity index is 4.36. The average molecular weight is 302 g/mol. The molecule has 0 saturated heterocycles. The molecule has 0 aliphatic heterocycles. The van der Waals surface area contributed by atoms with Gasteiger partial charge in [-0.15, -0.1) is 0 Å². The zero-order chi connectivity index (χ0) is 16.4. The number of ether oxygens (including phenoxy) is 2. The molecular formula is C14H26N2O5. The number of carbonyl (C=O) groups excluding carboxylic acids is 3. The summed E-state index contributed by atoms with van der Waals surface area (Å²) < 4.78 is 9.47. The van der Waals surface area contributed by atoms with Crippen LogP contribution in [0.3, 0.4) is 0 Å². The molecule has 0 rings (SSSR count). The van der Waals surface area contributed by atoms with Gasteiger partial charge in [-0.25, -0.2) is 4.79 Å². The third kappa shape index (κ3) is 9.01. The summed E-state index contributed by atoms with van der Waals surface area (Å²) in [5.74, 6) is -0.950. The number of nitrogens with zero attached hydrogens (tertiary/aromatic N) is 1. The van der Waals surface area contributed by atoms with E-state index in [1.54, 1.807) is 14.0 Å². The van der Waals surface area contributed by atoms with Gasteiger partial charge in [0, 0.05) is 0 Å². The minimum absolute atomic E-state index is 0.00437. The number of methoxy groups -OCH3 is 1. The number of likely N-dealkylation sites (N-methyl/N-ethyl adjacent to an activating group) is 1. The maximum atomic E-state index is 11.9. The van der Waals surface area contributed by atoms with Crippen molar-refractivity contribution >= 4 is 17.8 Å². The van der Waals surface area contributed by atoms with Crippen molar-refractivity contribution in [3.05, 3.63) is 0 Å². The minimum atomic E-state index is -0.668. The summed E-state index contributed by atoms with van der Waals surface area (Å²) >= 11 is 0. The van der Waals surface area contributed by atoms with Gasteiger partial charge >= 0.3 is 11.9 Å². The van der Waals surface area contributed by atoms with Crippen LogP contribution >= 0.6 is 0 Å². The Morgan fingerprint density at radius 1 is 1.19 bits per heavy atom. The van der Waals surface area contributed by atoms with Crippen molar-refractivity contribution in [1.29, 1.82) is 0 Å². The Labute approximate surface area is 126 Å². The number of amides is 1. The maximum absolute atomic E-state index is 11.9. The first-order valence-corrected chi connectivity index (χ1v) is 7.01. The van der Waals surface area contributed by atoms with Gasteiger partial charge in [0.15, 0.2) is 0 Å². The molecule has 0 fully saturated rings. The van der Waals surface area contributed by atoms with Gasteiger partial charge in [-0.05, 0) is 26.3 Å². The topological polar surface area (TPSA) is 84.9 Å². The zero-order valence-electron chi connectivity index (χ0n) is 13.5. The molecule has 1 unspecified atom stereocenters. The summed E-state index contributed by atoms with van der Waals surface area (Å²) in [5.41, 5.74) is 0. The van der Waals surface area contributed by atoms with E-state index >= 15 is 0 Å². The van der Waals surface area contributed by atoms with Crippen LogP contribution in [-0.2, 0) is 23.9 Å². The highest BCUT2D eigenvalue weighted by molar-refractivity contribution is 5.85. The van der Waals surface area contributed by atoms with E-state index in [4.69, 9.17) is 4.74 Å². The summed E-state index contributed by atoms with van der Waals surface area (Å²) in [6.07, 6.45) is 0.500. The number of esters is 2. The molecule has 122 valence electrons. The van der Waals surface area contributed by atoms with E-state index in [0.717, 1.165) is 0 Å². The molecular weight excluding hydrogens is 276 g/mol. The summed E-state index contributed by atoms with van der Waals surface area (Å²) in [6.45, 7) is 5.96. The number of rotatable bonds is 9. The van der Waals surface area contributed by atoms with Gasteiger partial charge in [0.05, 0.1) is 26.8 Å². The van der Waals surface area contributed by atoms with E-state index in [0.29, 0.717) is 13.0 Å².